The van der Waals surface area contributed by atoms with Crippen LogP contribution in [0.3, 0.4) is 0 Å². The van der Waals surface area contributed by atoms with E-state index >= 15 is 0 Å². The zero-order valence-corrected chi connectivity index (χ0v) is 25.1. The lowest BCUT2D eigenvalue weighted by Gasteiger charge is -2.29. The minimum Gasteiger partial charge on any atom is -0.312 e. The lowest BCUT2D eigenvalue weighted by molar-refractivity contribution is 0.746. The fraction of sp³-hybridized carbons (Fsp3) is 0.0952. The molecule has 1 aromatic heterocycles. The van der Waals surface area contributed by atoms with Crippen molar-refractivity contribution in [3.63, 3.8) is 0 Å². The molecule has 6 aromatic carbocycles. The summed E-state index contributed by atoms with van der Waals surface area (Å²) in [5.41, 5.74) is 15.2. The van der Waals surface area contributed by atoms with Gasteiger partial charge in [-0.15, -0.1) is 0 Å². The topological polar surface area (TPSA) is 8.17 Å². The van der Waals surface area contributed by atoms with Crippen LogP contribution in [0.2, 0.25) is 0 Å². The predicted octanol–water partition coefficient (Wildman–Crippen LogP) is 11.1. The molecule has 1 aliphatic carbocycles. The second-order valence-electron chi connectivity index (χ2n) is 12.0. The monoisotopic (exact) mass is 566 g/mol. The summed E-state index contributed by atoms with van der Waals surface area (Å²) < 4.78 is 2.52. The maximum absolute atomic E-state index is 2.52. The number of fused-ring (bicyclic) bond motifs is 5. The number of rotatable bonds is 5. The van der Waals surface area contributed by atoms with Crippen LogP contribution in [0.5, 0.6) is 0 Å². The average Bonchev–Trinajstić information content (AvgIpc) is 3.42. The van der Waals surface area contributed by atoms with E-state index < -0.39 is 0 Å². The van der Waals surface area contributed by atoms with Crippen LogP contribution < -0.4 is 4.90 Å². The highest BCUT2D eigenvalue weighted by Crippen LogP contribution is 2.49. The molecule has 1 unspecified atom stereocenters. The molecule has 0 radical (unpaired) electrons. The highest BCUT2D eigenvalue weighted by atomic mass is 15.1. The maximum atomic E-state index is 2.52. The number of anilines is 3. The summed E-state index contributed by atoms with van der Waals surface area (Å²) in [7, 11) is 0. The van der Waals surface area contributed by atoms with Crippen LogP contribution >= 0.6 is 0 Å². The van der Waals surface area contributed by atoms with Crippen LogP contribution in [0, 0.1) is 13.8 Å². The van der Waals surface area contributed by atoms with E-state index in [0.717, 1.165) is 23.5 Å². The van der Waals surface area contributed by atoms with Gasteiger partial charge in [0.1, 0.15) is 0 Å². The van der Waals surface area contributed by atoms with Crippen molar-refractivity contribution in [3.05, 3.63) is 180 Å². The Kier molecular flexibility index (Phi) is 6.42. The number of benzene rings is 6. The average molecular weight is 567 g/mol. The molecule has 1 aliphatic rings. The predicted molar refractivity (Wildman–Crippen MR) is 185 cm³/mol. The van der Waals surface area contributed by atoms with Crippen molar-refractivity contribution < 1.29 is 0 Å². The van der Waals surface area contributed by atoms with Gasteiger partial charge in [-0.1, -0.05) is 108 Å². The summed E-state index contributed by atoms with van der Waals surface area (Å²) in [4.78, 5) is 2.34. The first-order valence-corrected chi connectivity index (χ1v) is 15.5. The number of hydrogen-bond acceptors (Lipinski definition) is 1. The van der Waals surface area contributed by atoms with Crippen molar-refractivity contribution in [2.45, 2.75) is 26.2 Å². The molecule has 0 amide bonds. The molecular weight excluding hydrogens is 532 g/mol. The van der Waals surface area contributed by atoms with E-state index in [1.54, 1.807) is 0 Å². The molecule has 8 rings (SSSR count). The summed E-state index contributed by atoms with van der Waals surface area (Å²) in [6.45, 7) is 4.27. The normalized spacial score (nSPS) is 13.8. The molecule has 7 aromatic rings. The van der Waals surface area contributed by atoms with Gasteiger partial charge in [0.2, 0.25) is 0 Å². The van der Waals surface area contributed by atoms with Gasteiger partial charge in [-0.25, -0.2) is 0 Å². The summed E-state index contributed by atoms with van der Waals surface area (Å²) in [5, 5.41) is 1.31. The number of hydrogen-bond donors (Lipinski definition) is 0. The molecule has 0 bridgehead atoms. The quantitative estimate of drug-likeness (QED) is 0.201. The molecule has 212 valence electrons. The third-order valence-corrected chi connectivity index (χ3v) is 9.10. The second-order valence-corrected chi connectivity index (χ2v) is 12.0. The van der Waals surface area contributed by atoms with E-state index in [0.29, 0.717) is 0 Å². The van der Waals surface area contributed by atoms with Crippen LogP contribution in [0.25, 0.3) is 27.7 Å². The smallest absolute Gasteiger partial charge is 0.0538 e. The third kappa shape index (κ3) is 4.42. The van der Waals surface area contributed by atoms with Crippen molar-refractivity contribution in [2.75, 3.05) is 4.90 Å². The van der Waals surface area contributed by atoms with Gasteiger partial charge in [-0.05, 0) is 91.6 Å². The summed E-state index contributed by atoms with van der Waals surface area (Å²) in [5.74, 6) is 0.254. The van der Waals surface area contributed by atoms with E-state index in [-0.39, 0.29) is 5.92 Å². The summed E-state index contributed by atoms with van der Waals surface area (Å²) >= 11 is 0. The van der Waals surface area contributed by atoms with Gasteiger partial charge in [-0.2, -0.15) is 0 Å². The zero-order chi connectivity index (χ0) is 29.6. The Morgan fingerprint density at radius 1 is 0.545 bits per heavy atom. The van der Waals surface area contributed by atoms with Crippen LogP contribution in [-0.4, -0.2) is 4.57 Å². The van der Waals surface area contributed by atoms with E-state index in [1.807, 2.05) is 0 Å². The van der Waals surface area contributed by atoms with Crippen LogP contribution in [-0.2, 0) is 6.42 Å². The fourth-order valence-corrected chi connectivity index (χ4v) is 6.96. The largest absolute Gasteiger partial charge is 0.312 e. The van der Waals surface area contributed by atoms with Gasteiger partial charge >= 0.3 is 0 Å². The molecule has 2 heteroatoms. The van der Waals surface area contributed by atoms with Crippen molar-refractivity contribution in [3.8, 4) is 16.8 Å². The number of aryl methyl sites for hydroxylation is 2. The Morgan fingerprint density at radius 3 is 1.75 bits per heavy atom. The van der Waals surface area contributed by atoms with E-state index in [9.17, 15) is 0 Å². The van der Waals surface area contributed by atoms with Gasteiger partial charge in [0.15, 0.2) is 0 Å². The van der Waals surface area contributed by atoms with E-state index in [4.69, 9.17) is 0 Å². The molecule has 0 saturated heterocycles. The molecule has 44 heavy (non-hydrogen) atoms. The molecule has 0 spiro atoms. The first kappa shape index (κ1) is 26.3. The van der Waals surface area contributed by atoms with Crippen LogP contribution in [0.1, 0.15) is 33.9 Å². The lowest BCUT2D eigenvalue weighted by atomic mass is 9.78. The minimum atomic E-state index is 0.254. The van der Waals surface area contributed by atoms with Crippen molar-refractivity contribution in [1.29, 1.82) is 0 Å². The molecule has 1 atom stereocenters. The molecule has 0 saturated carbocycles. The summed E-state index contributed by atoms with van der Waals surface area (Å²) in [6, 6.07) is 55.6. The van der Waals surface area contributed by atoms with Gasteiger partial charge in [0.25, 0.3) is 0 Å². The third-order valence-electron chi connectivity index (χ3n) is 9.10. The summed E-state index contributed by atoms with van der Waals surface area (Å²) in [6.07, 6.45) is 0.982. The SMILES string of the molecule is Cc1ccc(N(c2ccc(C)cc2)c2ccc(-n3c4c(c5ccccc53)-c3ccccc3CC4c3ccccc3)cc2)cc1. The fourth-order valence-electron chi connectivity index (χ4n) is 6.96. The molecule has 0 fully saturated rings. The minimum absolute atomic E-state index is 0.254. The second kappa shape index (κ2) is 10.7. The molecular formula is C42H34N2. The Bertz CT molecular complexity index is 2040. The van der Waals surface area contributed by atoms with Crippen molar-refractivity contribution >= 4 is 28.0 Å². The zero-order valence-electron chi connectivity index (χ0n) is 25.1. The van der Waals surface area contributed by atoms with Crippen molar-refractivity contribution in [1.82, 2.24) is 4.57 Å². The lowest BCUT2D eigenvalue weighted by Crippen LogP contribution is -2.16. The molecule has 2 nitrogen and oxygen atoms in total. The van der Waals surface area contributed by atoms with E-state index in [1.165, 1.54) is 55.7 Å². The van der Waals surface area contributed by atoms with Gasteiger partial charge in [0, 0.05) is 45.3 Å². The maximum Gasteiger partial charge on any atom is 0.0538 e. The van der Waals surface area contributed by atoms with Gasteiger partial charge in [0.05, 0.1) is 5.52 Å². The number of nitrogens with zero attached hydrogens (tertiary/aromatic N) is 2. The Morgan fingerprint density at radius 2 is 1.09 bits per heavy atom. The molecule has 1 heterocycles. The first-order chi connectivity index (χ1) is 21.7. The highest BCUT2D eigenvalue weighted by molar-refractivity contribution is 6.01. The number of para-hydroxylation sites is 1. The highest BCUT2D eigenvalue weighted by Gasteiger charge is 2.32. The Hall–Kier alpha value is -5.34. The van der Waals surface area contributed by atoms with E-state index in [2.05, 4.69) is 175 Å². The molecule has 0 N–H and O–H groups in total. The first-order valence-electron chi connectivity index (χ1n) is 15.5. The van der Waals surface area contributed by atoms with Crippen molar-refractivity contribution in [2.24, 2.45) is 0 Å². The Labute approximate surface area is 259 Å². The van der Waals surface area contributed by atoms with Gasteiger partial charge < -0.3 is 9.47 Å². The van der Waals surface area contributed by atoms with Crippen LogP contribution in [0.15, 0.2) is 152 Å². The van der Waals surface area contributed by atoms with Crippen LogP contribution in [0.4, 0.5) is 17.1 Å². The standard InChI is InChI=1S/C42H34N2/c1-29-16-20-33(21-17-29)43(34-22-18-30(2)19-23-34)35-24-26-36(27-25-35)44-40-15-9-8-14-38(40)41-37-13-7-6-12-32(37)28-39(42(41)44)31-10-4-3-5-11-31/h3-27,39H,28H2,1-2H3. The molecule has 0 aliphatic heterocycles. The number of aromatic nitrogens is 1. The Balaban J connectivity index is 1.32. The van der Waals surface area contributed by atoms with Gasteiger partial charge in [-0.3, -0.25) is 0 Å².